The maximum absolute atomic E-state index is 13.5. The van der Waals surface area contributed by atoms with Gasteiger partial charge in [0.2, 0.25) is 12.3 Å². The van der Waals surface area contributed by atoms with Crippen molar-refractivity contribution < 1.29 is 19.1 Å². The van der Waals surface area contributed by atoms with E-state index in [2.05, 4.69) is 29.8 Å². The van der Waals surface area contributed by atoms with Gasteiger partial charge in [-0.3, -0.25) is 14.9 Å². The number of benzene rings is 1. The van der Waals surface area contributed by atoms with E-state index in [0.717, 1.165) is 35.5 Å². The molecule has 2 amide bonds. The molecule has 1 saturated heterocycles. The molecule has 3 N–H and O–H groups in total. The Kier molecular flexibility index (Phi) is 7.64. The second-order valence-electron chi connectivity index (χ2n) is 8.97. The summed E-state index contributed by atoms with van der Waals surface area (Å²) in [4.78, 5) is 37.7. The summed E-state index contributed by atoms with van der Waals surface area (Å²) in [5, 5.41) is 9.43. The van der Waals surface area contributed by atoms with Crippen LogP contribution < -0.4 is 16.0 Å². The van der Waals surface area contributed by atoms with Gasteiger partial charge in [0.1, 0.15) is 5.54 Å². The number of hydrogen-bond donors (Lipinski definition) is 3. The molecule has 31 heavy (non-hydrogen) atoms. The Morgan fingerprint density at radius 2 is 1.77 bits per heavy atom. The first-order valence-electron chi connectivity index (χ1n) is 10.9. The number of nitrogens with one attached hydrogen (secondary N) is 3. The number of hydrogen-bond acceptors (Lipinski definition) is 6. The van der Waals surface area contributed by atoms with Gasteiger partial charge in [0.05, 0.1) is 18.8 Å². The van der Waals surface area contributed by atoms with Gasteiger partial charge in [0.25, 0.3) is 0 Å². The molecule has 2 aliphatic rings. The zero-order valence-electron chi connectivity index (χ0n) is 18.5. The lowest BCUT2D eigenvalue weighted by molar-refractivity contribution is -0.151. The van der Waals surface area contributed by atoms with Crippen LogP contribution in [0.2, 0.25) is 0 Å². The normalized spacial score (nSPS) is 19.9. The first kappa shape index (κ1) is 23.6. The quantitative estimate of drug-likeness (QED) is 0.303. The predicted octanol–water partition coefficient (Wildman–Crippen LogP) is 1.79. The van der Waals surface area contributed by atoms with Crippen molar-refractivity contribution in [1.82, 2.24) is 16.0 Å². The lowest BCUT2D eigenvalue weighted by atomic mass is 9.93. The Bertz CT molecular complexity index is 783. The molecule has 0 unspecified atom stereocenters. The fourth-order valence-corrected chi connectivity index (χ4v) is 5.81. The molecular formula is C23H33N3O4S. The summed E-state index contributed by atoms with van der Waals surface area (Å²) in [5.74, 6) is 1.40. The highest BCUT2D eigenvalue weighted by Crippen LogP contribution is 2.32. The molecule has 3 rings (SSSR count). The summed E-state index contributed by atoms with van der Waals surface area (Å²) in [6.45, 7) is 4.11. The smallest absolute Gasteiger partial charge is 0.332 e. The molecule has 0 aromatic heterocycles. The Labute approximate surface area is 188 Å². The SMILES string of the molecule is COC(=O)C1(NC(=O)[C@H](CC(C)C)NC2(NC=O)CCSCC2)Cc2ccccc2C1. The minimum Gasteiger partial charge on any atom is -0.467 e. The third-order valence-electron chi connectivity index (χ3n) is 6.20. The fraction of sp³-hybridized carbons (Fsp3) is 0.609. The van der Waals surface area contributed by atoms with Crippen molar-refractivity contribution in [1.29, 1.82) is 0 Å². The van der Waals surface area contributed by atoms with Gasteiger partial charge in [-0.25, -0.2) is 4.79 Å². The lowest BCUT2D eigenvalue weighted by Crippen LogP contribution is -2.66. The Morgan fingerprint density at radius 3 is 2.29 bits per heavy atom. The summed E-state index contributed by atoms with van der Waals surface area (Å²) in [5.41, 5.74) is 0.371. The topological polar surface area (TPSA) is 96.5 Å². The number of thioether (sulfide) groups is 1. The number of methoxy groups -OCH3 is 1. The molecule has 7 nitrogen and oxygen atoms in total. The van der Waals surface area contributed by atoms with E-state index in [-0.39, 0.29) is 11.8 Å². The number of fused-ring (bicyclic) bond motifs is 1. The van der Waals surface area contributed by atoms with E-state index < -0.39 is 23.2 Å². The summed E-state index contributed by atoms with van der Waals surface area (Å²) in [6, 6.07) is 7.30. The van der Waals surface area contributed by atoms with Crippen molar-refractivity contribution in [3.05, 3.63) is 35.4 Å². The Balaban J connectivity index is 1.83. The number of esters is 1. The average Bonchev–Trinajstić information content (AvgIpc) is 3.12. The van der Waals surface area contributed by atoms with Gasteiger partial charge in [0.15, 0.2) is 0 Å². The monoisotopic (exact) mass is 447 g/mol. The molecule has 1 aliphatic heterocycles. The van der Waals surface area contributed by atoms with Crippen LogP contribution in [-0.4, -0.2) is 54.1 Å². The van der Waals surface area contributed by atoms with Crippen molar-refractivity contribution in [2.45, 2.75) is 63.2 Å². The Hall–Kier alpha value is -2.06. The number of carbonyl (C=O) groups excluding carboxylic acids is 3. The minimum atomic E-state index is -1.11. The molecule has 8 heteroatoms. The molecule has 1 atom stereocenters. The summed E-state index contributed by atoms with van der Waals surface area (Å²) in [7, 11) is 1.35. The predicted molar refractivity (Wildman–Crippen MR) is 122 cm³/mol. The van der Waals surface area contributed by atoms with Gasteiger partial charge >= 0.3 is 5.97 Å². The Morgan fingerprint density at radius 1 is 1.16 bits per heavy atom. The van der Waals surface area contributed by atoms with Crippen molar-refractivity contribution >= 4 is 30.0 Å². The van der Waals surface area contributed by atoms with E-state index in [0.29, 0.717) is 25.7 Å². The average molecular weight is 448 g/mol. The highest BCUT2D eigenvalue weighted by atomic mass is 32.2. The molecule has 0 spiro atoms. The van der Waals surface area contributed by atoms with Crippen LogP contribution in [-0.2, 0) is 32.0 Å². The second kappa shape index (κ2) is 10.0. The van der Waals surface area contributed by atoms with Gasteiger partial charge in [0, 0.05) is 12.8 Å². The first-order valence-corrected chi connectivity index (χ1v) is 12.0. The van der Waals surface area contributed by atoms with E-state index in [1.807, 2.05) is 36.0 Å². The molecule has 1 aromatic carbocycles. The van der Waals surface area contributed by atoms with E-state index in [1.165, 1.54) is 7.11 Å². The van der Waals surface area contributed by atoms with Gasteiger partial charge in [-0.05, 0) is 47.8 Å². The third kappa shape index (κ3) is 5.41. The minimum absolute atomic E-state index is 0.239. The van der Waals surface area contributed by atoms with Crippen LogP contribution in [0.15, 0.2) is 24.3 Å². The van der Waals surface area contributed by atoms with Crippen molar-refractivity contribution in [3.63, 3.8) is 0 Å². The lowest BCUT2D eigenvalue weighted by Gasteiger charge is -2.41. The number of ether oxygens (including phenoxy) is 1. The summed E-state index contributed by atoms with van der Waals surface area (Å²) >= 11 is 1.84. The molecular weight excluding hydrogens is 414 g/mol. The van der Waals surface area contributed by atoms with Crippen LogP contribution in [0, 0.1) is 5.92 Å². The van der Waals surface area contributed by atoms with E-state index in [1.54, 1.807) is 0 Å². The number of rotatable bonds is 9. The van der Waals surface area contributed by atoms with E-state index in [4.69, 9.17) is 4.74 Å². The highest BCUT2D eigenvalue weighted by molar-refractivity contribution is 7.99. The van der Waals surface area contributed by atoms with Gasteiger partial charge < -0.3 is 15.4 Å². The van der Waals surface area contributed by atoms with Crippen molar-refractivity contribution in [2.24, 2.45) is 5.92 Å². The molecule has 0 saturated carbocycles. The second-order valence-corrected chi connectivity index (χ2v) is 10.2. The van der Waals surface area contributed by atoms with Crippen LogP contribution in [0.5, 0.6) is 0 Å². The molecule has 1 fully saturated rings. The molecule has 170 valence electrons. The standard InChI is InChI=1S/C23H33N3O4S/c1-16(2)12-19(25-23(24-15-27)8-10-31-11-9-23)20(28)26-22(21(29)30-3)13-17-6-4-5-7-18(17)14-22/h4-7,15-16,19,25H,8-14H2,1-3H3,(H,24,27)(H,26,28)/t19-/m0/s1. The summed E-state index contributed by atoms with van der Waals surface area (Å²) in [6.07, 6.45) is 3.59. The van der Waals surface area contributed by atoms with Crippen LogP contribution in [0.25, 0.3) is 0 Å². The molecule has 1 aromatic rings. The molecule has 0 bridgehead atoms. The van der Waals surface area contributed by atoms with Crippen LogP contribution in [0.3, 0.4) is 0 Å². The van der Waals surface area contributed by atoms with Crippen molar-refractivity contribution in [2.75, 3.05) is 18.6 Å². The fourth-order valence-electron chi connectivity index (χ4n) is 4.62. The van der Waals surface area contributed by atoms with Crippen molar-refractivity contribution in [3.8, 4) is 0 Å². The van der Waals surface area contributed by atoms with Gasteiger partial charge in [-0.1, -0.05) is 38.1 Å². The van der Waals surface area contributed by atoms with Crippen LogP contribution in [0.1, 0.15) is 44.2 Å². The number of carbonyl (C=O) groups is 3. The maximum Gasteiger partial charge on any atom is 0.332 e. The molecule has 0 radical (unpaired) electrons. The van der Waals surface area contributed by atoms with E-state index in [9.17, 15) is 14.4 Å². The van der Waals surface area contributed by atoms with Gasteiger partial charge in [-0.15, -0.1) is 0 Å². The van der Waals surface area contributed by atoms with E-state index >= 15 is 0 Å². The summed E-state index contributed by atoms with van der Waals surface area (Å²) < 4.78 is 5.10. The largest absolute Gasteiger partial charge is 0.467 e. The van der Waals surface area contributed by atoms with Crippen LogP contribution >= 0.6 is 11.8 Å². The number of amides is 2. The maximum atomic E-state index is 13.5. The third-order valence-corrected chi connectivity index (χ3v) is 7.18. The van der Waals surface area contributed by atoms with Crippen LogP contribution in [0.4, 0.5) is 0 Å². The van der Waals surface area contributed by atoms with Gasteiger partial charge in [-0.2, -0.15) is 11.8 Å². The first-order chi connectivity index (χ1) is 14.8. The zero-order chi connectivity index (χ0) is 22.5. The molecule has 1 heterocycles. The zero-order valence-corrected chi connectivity index (χ0v) is 19.3. The molecule has 1 aliphatic carbocycles. The highest BCUT2D eigenvalue weighted by Gasteiger charge is 2.47.